The van der Waals surface area contributed by atoms with E-state index in [0.717, 1.165) is 16.9 Å². The fourth-order valence-corrected chi connectivity index (χ4v) is 2.37. The number of carbonyl (C=O) groups is 1. The Morgan fingerprint density at radius 1 is 1.05 bits per heavy atom. The molecule has 0 atom stereocenters. The predicted molar refractivity (Wildman–Crippen MR) is 83.4 cm³/mol. The van der Waals surface area contributed by atoms with Crippen LogP contribution in [0.5, 0.6) is 11.5 Å². The van der Waals surface area contributed by atoms with Crippen molar-refractivity contribution < 1.29 is 14.3 Å². The Kier molecular flexibility index (Phi) is 5.23. The molecule has 0 bridgehead atoms. The van der Waals surface area contributed by atoms with E-state index in [2.05, 4.69) is 0 Å². The van der Waals surface area contributed by atoms with Gasteiger partial charge in [0, 0.05) is 23.4 Å². The molecule has 0 saturated heterocycles. The summed E-state index contributed by atoms with van der Waals surface area (Å²) in [6.45, 7) is 0. The predicted octanol–water partition coefficient (Wildman–Crippen LogP) is 3.71. The molecular weight excluding hydrogens is 288 g/mol. The average Bonchev–Trinajstić information content (AvgIpc) is 2.47. The summed E-state index contributed by atoms with van der Waals surface area (Å²) < 4.78 is 10.4. The van der Waals surface area contributed by atoms with Gasteiger partial charge in [0.25, 0.3) is 0 Å². The van der Waals surface area contributed by atoms with Crippen molar-refractivity contribution in [3.63, 3.8) is 0 Å². The van der Waals surface area contributed by atoms with Gasteiger partial charge in [-0.1, -0.05) is 23.7 Å². The number of methoxy groups -OCH3 is 2. The largest absolute Gasteiger partial charge is 0.497 e. The van der Waals surface area contributed by atoms with Crippen LogP contribution in [0.1, 0.15) is 11.1 Å². The lowest BCUT2D eigenvalue weighted by Gasteiger charge is -2.09. The lowest BCUT2D eigenvalue weighted by molar-refractivity contribution is -0.117. The van der Waals surface area contributed by atoms with Crippen molar-refractivity contribution in [2.75, 3.05) is 14.2 Å². The molecule has 2 aromatic rings. The maximum Gasteiger partial charge on any atom is 0.141 e. The lowest BCUT2D eigenvalue weighted by atomic mass is 10.0. The van der Waals surface area contributed by atoms with Gasteiger partial charge in [-0.3, -0.25) is 4.79 Å². The van der Waals surface area contributed by atoms with Gasteiger partial charge in [0.15, 0.2) is 0 Å². The van der Waals surface area contributed by atoms with E-state index in [9.17, 15) is 4.79 Å². The molecule has 2 aromatic carbocycles. The first-order valence-corrected chi connectivity index (χ1v) is 6.97. The van der Waals surface area contributed by atoms with Crippen molar-refractivity contribution in [2.24, 2.45) is 0 Å². The van der Waals surface area contributed by atoms with Crippen LogP contribution in [0.2, 0.25) is 5.02 Å². The third kappa shape index (κ3) is 4.23. The molecule has 0 N–H and O–H groups in total. The lowest BCUT2D eigenvalue weighted by Crippen LogP contribution is -2.07. The average molecular weight is 305 g/mol. The molecule has 3 nitrogen and oxygen atoms in total. The minimum Gasteiger partial charge on any atom is -0.497 e. The van der Waals surface area contributed by atoms with Crippen molar-refractivity contribution in [2.45, 2.75) is 12.8 Å². The molecule has 0 fully saturated rings. The fourth-order valence-electron chi connectivity index (χ4n) is 2.17. The molecule has 0 heterocycles. The summed E-state index contributed by atoms with van der Waals surface area (Å²) in [5, 5.41) is 0.597. The SMILES string of the molecule is COc1cccc(CC(=O)Cc2cc(Cl)ccc2OC)c1. The second kappa shape index (κ2) is 7.14. The number of halogens is 1. The number of benzene rings is 2. The molecular formula is C17H17ClO3. The summed E-state index contributed by atoms with van der Waals surface area (Å²) in [5.74, 6) is 1.53. The zero-order valence-corrected chi connectivity index (χ0v) is 12.8. The summed E-state index contributed by atoms with van der Waals surface area (Å²) in [4.78, 5) is 12.2. The van der Waals surface area contributed by atoms with Crippen LogP contribution in [0.3, 0.4) is 0 Å². The number of Topliss-reactive ketones (excluding diaryl/α,β-unsaturated/α-hetero) is 1. The van der Waals surface area contributed by atoms with Crippen LogP contribution in [0.15, 0.2) is 42.5 Å². The first-order chi connectivity index (χ1) is 10.1. The third-order valence-electron chi connectivity index (χ3n) is 3.17. The zero-order chi connectivity index (χ0) is 15.2. The maximum absolute atomic E-state index is 12.2. The van der Waals surface area contributed by atoms with Gasteiger partial charge in [-0.15, -0.1) is 0 Å². The van der Waals surface area contributed by atoms with E-state index in [1.807, 2.05) is 24.3 Å². The van der Waals surface area contributed by atoms with E-state index in [-0.39, 0.29) is 5.78 Å². The Bertz CT molecular complexity index is 638. The smallest absolute Gasteiger partial charge is 0.141 e. The van der Waals surface area contributed by atoms with E-state index in [1.165, 1.54) is 0 Å². The number of rotatable bonds is 6. The Balaban J connectivity index is 2.09. The molecule has 4 heteroatoms. The Morgan fingerprint density at radius 3 is 2.57 bits per heavy atom. The van der Waals surface area contributed by atoms with E-state index in [0.29, 0.717) is 23.6 Å². The Labute approximate surface area is 129 Å². The zero-order valence-electron chi connectivity index (χ0n) is 12.1. The van der Waals surface area contributed by atoms with Gasteiger partial charge in [0.2, 0.25) is 0 Å². The summed E-state index contributed by atoms with van der Waals surface area (Å²) in [6.07, 6.45) is 0.647. The van der Waals surface area contributed by atoms with Gasteiger partial charge in [-0.2, -0.15) is 0 Å². The van der Waals surface area contributed by atoms with Crippen LogP contribution in [-0.4, -0.2) is 20.0 Å². The van der Waals surface area contributed by atoms with Crippen LogP contribution in [0.25, 0.3) is 0 Å². The molecule has 0 aliphatic rings. The second-order valence-electron chi connectivity index (χ2n) is 4.70. The Morgan fingerprint density at radius 2 is 1.86 bits per heavy atom. The highest BCUT2D eigenvalue weighted by Gasteiger charge is 2.11. The van der Waals surface area contributed by atoms with E-state index in [4.69, 9.17) is 21.1 Å². The van der Waals surface area contributed by atoms with Crippen molar-refractivity contribution in [3.05, 3.63) is 58.6 Å². The second-order valence-corrected chi connectivity index (χ2v) is 5.14. The topological polar surface area (TPSA) is 35.5 Å². The fraction of sp³-hybridized carbons (Fsp3) is 0.235. The number of hydrogen-bond acceptors (Lipinski definition) is 3. The molecule has 0 aromatic heterocycles. The summed E-state index contributed by atoms with van der Waals surface area (Å²) in [5.41, 5.74) is 1.73. The van der Waals surface area contributed by atoms with Gasteiger partial charge in [-0.05, 0) is 35.9 Å². The van der Waals surface area contributed by atoms with E-state index < -0.39 is 0 Å². The van der Waals surface area contributed by atoms with Gasteiger partial charge in [-0.25, -0.2) is 0 Å². The normalized spacial score (nSPS) is 10.2. The molecule has 21 heavy (non-hydrogen) atoms. The van der Waals surface area contributed by atoms with Crippen LogP contribution in [0.4, 0.5) is 0 Å². The first kappa shape index (κ1) is 15.4. The summed E-state index contributed by atoms with van der Waals surface area (Å²) >= 11 is 5.97. The van der Waals surface area contributed by atoms with Gasteiger partial charge >= 0.3 is 0 Å². The van der Waals surface area contributed by atoms with Crippen molar-refractivity contribution in [3.8, 4) is 11.5 Å². The molecule has 0 unspecified atom stereocenters. The van der Waals surface area contributed by atoms with Crippen molar-refractivity contribution >= 4 is 17.4 Å². The third-order valence-corrected chi connectivity index (χ3v) is 3.40. The van der Waals surface area contributed by atoms with Crippen LogP contribution < -0.4 is 9.47 Å². The number of ketones is 1. The molecule has 0 amide bonds. The molecule has 0 saturated carbocycles. The number of hydrogen-bond donors (Lipinski definition) is 0. The minimum absolute atomic E-state index is 0.101. The summed E-state index contributed by atoms with van der Waals surface area (Å²) in [7, 11) is 3.19. The van der Waals surface area contributed by atoms with E-state index in [1.54, 1.807) is 32.4 Å². The minimum atomic E-state index is 0.101. The number of carbonyl (C=O) groups excluding carboxylic acids is 1. The molecule has 0 aliphatic carbocycles. The standard InChI is InChI=1S/C17H17ClO3/c1-20-16-5-3-4-12(9-16)8-15(19)11-13-10-14(18)6-7-17(13)21-2/h3-7,9-10H,8,11H2,1-2H3. The highest BCUT2D eigenvalue weighted by molar-refractivity contribution is 6.30. The van der Waals surface area contributed by atoms with Crippen LogP contribution in [0, 0.1) is 0 Å². The van der Waals surface area contributed by atoms with Crippen molar-refractivity contribution in [1.82, 2.24) is 0 Å². The van der Waals surface area contributed by atoms with Gasteiger partial charge < -0.3 is 9.47 Å². The monoisotopic (exact) mass is 304 g/mol. The molecule has 0 radical (unpaired) electrons. The highest BCUT2D eigenvalue weighted by Crippen LogP contribution is 2.24. The molecule has 2 rings (SSSR count). The van der Waals surface area contributed by atoms with Crippen molar-refractivity contribution in [1.29, 1.82) is 0 Å². The quantitative estimate of drug-likeness (QED) is 0.816. The van der Waals surface area contributed by atoms with Crippen LogP contribution in [-0.2, 0) is 17.6 Å². The molecule has 0 spiro atoms. The highest BCUT2D eigenvalue weighted by atomic mass is 35.5. The molecule has 0 aliphatic heterocycles. The van der Waals surface area contributed by atoms with E-state index >= 15 is 0 Å². The van der Waals surface area contributed by atoms with Gasteiger partial charge in [0.1, 0.15) is 17.3 Å². The maximum atomic E-state index is 12.2. The molecule has 110 valence electrons. The summed E-state index contributed by atoms with van der Waals surface area (Å²) in [6, 6.07) is 12.8. The number of ether oxygens (including phenoxy) is 2. The first-order valence-electron chi connectivity index (χ1n) is 6.59. The van der Waals surface area contributed by atoms with Crippen LogP contribution >= 0.6 is 11.6 Å². The van der Waals surface area contributed by atoms with Gasteiger partial charge in [0.05, 0.1) is 14.2 Å². The Hall–Kier alpha value is -2.00.